The smallest absolute Gasteiger partial charge is 0.180 e. The Balaban J connectivity index is 2.18. The van der Waals surface area contributed by atoms with Gasteiger partial charge in [-0.2, -0.15) is 5.53 Å². The fourth-order valence-corrected chi connectivity index (χ4v) is 3.81. The highest BCUT2D eigenvalue weighted by atomic mass is 16.1. The van der Waals surface area contributed by atoms with Crippen molar-refractivity contribution >= 4 is 11.6 Å². The number of unbranched alkanes of at least 4 members (excludes halogenated alkanes) is 1. The fraction of sp³-hybridized carbons (Fsp3) is 0.429. The summed E-state index contributed by atoms with van der Waals surface area (Å²) in [7, 11) is 3.87. The number of rotatable bonds is 14. The van der Waals surface area contributed by atoms with Gasteiger partial charge in [-0.15, -0.1) is 0 Å². The van der Waals surface area contributed by atoms with Gasteiger partial charge in [-0.3, -0.25) is 4.79 Å². The highest BCUT2D eigenvalue weighted by molar-refractivity contribution is 5.97. The lowest BCUT2D eigenvalue weighted by Gasteiger charge is -2.22. The molecule has 0 bridgehead atoms. The standard InChI is InChI=1S/C28H41N5O/c1-7-9-15-28(30-22(4)27(34)12-8-2)33(6)20-23-16-18-24(19-17-23)26-14-11-10-13-25(26)21(3)31-32-29-5/h10-11,13-14,16-19,21,29,31-32H,4,7-9,12,15,20H2,1-3,5-6H3. The SMILES string of the molecule is C=C(N=C(CCCC)N(C)Cc1ccc(-c2ccccc2C(C)NNNC)cc1)C(=O)CCC. The van der Waals surface area contributed by atoms with Crippen molar-refractivity contribution in [2.45, 2.75) is 65.5 Å². The predicted molar refractivity (Wildman–Crippen MR) is 143 cm³/mol. The number of carbonyl (C=O) groups excluding carboxylic acids is 1. The molecule has 3 N–H and O–H groups in total. The Kier molecular flexibility index (Phi) is 11.7. The fourth-order valence-electron chi connectivity index (χ4n) is 3.81. The molecular formula is C28H41N5O. The van der Waals surface area contributed by atoms with Gasteiger partial charge in [0.25, 0.3) is 0 Å². The maximum absolute atomic E-state index is 12.2. The molecule has 0 fully saturated rings. The Morgan fingerprint density at radius 1 is 1.06 bits per heavy atom. The van der Waals surface area contributed by atoms with Gasteiger partial charge >= 0.3 is 0 Å². The lowest BCUT2D eigenvalue weighted by molar-refractivity contribution is -0.115. The first-order valence-corrected chi connectivity index (χ1v) is 12.3. The van der Waals surface area contributed by atoms with E-state index in [4.69, 9.17) is 0 Å². The third-order valence-electron chi connectivity index (χ3n) is 5.78. The number of allylic oxidation sites excluding steroid dienone is 1. The number of Topliss-reactive ketones (excluding diaryl/α,β-unsaturated/α-hetero) is 1. The van der Waals surface area contributed by atoms with Gasteiger partial charge in [0.1, 0.15) is 11.5 Å². The Bertz CT molecular complexity index is 952. The van der Waals surface area contributed by atoms with E-state index in [1.807, 2.05) is 21.0 Å². The van der Waals surface area contributed by atoms with E-state index in [0.29, 0.717) is 12.1 Å². The lowest BCUT2D eigenvalue weighted by atomic mass is 9.95. The van der Waals surface area contributed by atoms with E-state index in [1.54, 1.807) is 0 Å². The Morgan fingerprint density at radius 2 is 1.76 bits per heavy atom. The van der Waals surface area contributed by atoms with Crippen LogP contribution in [-0.4, -0.2) is 30.6 Å². The van der Waals surface area contributed by atoms with Crippen LogP contribution >= 0.6 is 0 Å². The Hall–Kier alpha value is -2.80. The third-order valence-corrected chi connectivity index (χ3v) is 5.78. The average molecular weight is 464 g/mol. The molecule has 34 heavy (non-hydrogen) atoms. The van der Waals surface area contributed by atoms with Crippen molar-refractivity contribution in [2.24, 2.45) is 4.99 Å². The number of ketones is 1. The van der Waals surface area contributed by atoms with Gasteiger partial charge in [0.15, 0.2) is 5.78 Å². The van der Waals surface area contributed by atoms with Crippen LogP contribution in [0.3, 0.4) is 0 Å². The van der Waals surface area contributed by atoms with Crippen molar-refractivity contribution < 1.29 is 4.79 Å². The summed E-state index contributed by atoms with van der Waals surface area (Å²) < 4.78 is 0. The van der Waals surface area contributed by atoms with Crippen LogP contribution in [0.25, 0.3) is 11.1 Å². The van der Waals surface area contributed by atoms with E-state index in [2.05, 4.69) is 95.2 Å². The summed E-state index contributed by atoms with van der Waals surface area (Å²) in [6.07, 6.45) is 4.25. The summed E-state index contributed by atoms with van der Waals surface area (Å²) in [4.78, 5) is 19.0. The van der Waals surface area contributed by atoms with Crippen LogP contribution < -0.4 is 16.4 Å². The molecular weight excluding hydrogens is 422 g/mol. The van der Waals surface area contributed by atoms with Crippen molar-refractivity contribution in [1.82, 2.24) is 21.3 Å². The van der Waals surface area contributed by atoms with Crippen LogP contribution in [0.4, 0.5) is 0 Å². The van der Waals surface area contributed by atoms with E-state index in [9.17, 15) is 4.79 Å². The average Bonchev–Trinajstić information content (AvgIpc) is 2.85. The Morgan fingerprint density at radius 3 is 2.41 bits per heavy atom. The molecule has 184 valence electrons. The summed E-state index contributed by atoms with van der Waals surface area (Å²) >= 11 is 0. The van der Waals surface area contributed by atoms with Gasteiger partial charge in [-0.1, -0.05) is 75.4 Å². The molecule has 0 aliphatic rings. The topological polar surface area (TPSA) is 68.8 Å². The van der Waals surface area contributed by atoms with Gasteiger partial charge in [-0.05, 0) is 49.1 Å². The van der Waals surface area contributed by atoms with Crippen LogP contribution in [0, 0.1) is 0 Å². The summed E-state index contributed by atoms with van der Waals surface area (Å²) in [5, 5.41) is 0. The number of nitrogens with one attached hydrogen (secondary N) is 3. The Labute approximate surface area is 205 Å². The minimum absolute atomic E-state index is 0.0292. The number of benzene rings is 2. The normalized spacial score (nSPS) is 12.4. The van der Waals surface area contributed by atoms with Crippen molar-refractivity contribution in [3.05, 3.63) is 71.9 Å². The van der Waals surface area contributed by atoms with Crippen molar-refractivity contribution in [1.29, 1.82) is 0 Å². The molecule has 6 nitrogen and oxygen atoms in total. The number of carbonyl (C=O) groups is 1. The van der Waals surface area contributed by atoms with Crippen LogP contribution in [0.1, 0.15) is 70.0 Å². The molecule has 0 saturated carbocycles. The largest absolute Gasteiger partial charge is 0.359 e. The zero-order valence-corrected chi connectivity index (χ0v) is 21.4. The summed E-state index contributed by atoms with van der Waals surface area (Å²) in [6.45, 7) is 10.9. The number of amidine groups is 1. The summed E-state index contributed by atoms with van der Waals surface area (Å²) in [5.41, 5.74) is 14.3. The first-order chi connectivity index (χ1) is 16.4. The minimum Gasteiger partial charge on any atom is -0.359 e. The molecule has 2 rings (SSSR count). The minimum atomic E-state index is 0.0292. The summed E-state index contributed by atoms with van der Waals surface area (Å²) in [6, 6.07) is 17.3. The maximum Gasteiger partial charge on any atom is 0.180 e. The number of hydrogen-bond donors (Lipinski definition) is 3. The quantitative estimate of drug-likeness (QED) is 0.148. The second kappa shape index (κ2) is 14.5. The molecule has 0 aliphatic carbocycles. The van der Waals surface area contributed by atoms with Gasteiger partial charge in [0.2, 0.25) is 0 Å². The number of hydrazine groups is 2. The zero-order chi connectivity index (χ0) is 24.9. The highest BCUT2D eigenvalue weighted by Crippen LogP contribution is 2.28. The molecule has 0 heterocycles. The number of hydrogen-bond acceptors (Lipinski definition) is 5. The lowest BCUT2D eigenvalue weighted by Crippen LogP contribution is -2.42. The molecule has 0 aromatic heterocycles. The van der Waals surface area contributed by atoms with E-state index < -0.39 is 0 Å². The van der Waals surface area contributed by atoms with Gasteiger partial charge in [0, 0.05) is 32.5 Å². The first-order valence-electron chi connectivity index (χ1n) is 12.3. The van der Waals surface area contributed by atoms with Gasteiger partial charge in [-0.25, -0.2) is 15.8 Å². The van der Waals surface area contributed by atoms with Crippen molar-refractivity contribution in [3.8, 4) is 11.1 Å². The van der Waals surface area contributed by atoms with E-state index in [1.165, 1.54) is 22.3 Å². The van der Waals surface area contributed by atoms with Crippen LogP contribution in [0.5, 0.6) is 0 Å². The van der Waals surface area contributed by atoms with Gasteiger partial charge < -0.3 is 4.90 Å². The number of aliphatic imine (C=N–C) groups is 1. The zero-order valence-electron chi connectivity index (χ0n) is 21.4. The van der Waals surface area contributed by atoms with Crippen molar-refractivity contribution in [2.75, 3.05) is 14.1 Å². The third kappa shape index (κ3) is 8.20. The molecule has 0 amide bonds. The van der Waals surface area contributed by atoms with E-state index >= 15 is 0 Å². The molecule has 6 heteroatoms. The molecule has 1 unspecified atom stereocenters. The van der Waals surface area contributed by atoms with E-state index in [-0.39, 0.29) is 11.8 Å². The second-order valence-electron chi connectivity index (χ2n) is 8.63. The van der Waals surface area contributed by atoms with Crippen LogP contribution in [-0.2, 0) is 11.3 Å². The first kappa shape index (κ1) is 27.4. The molecule has 2 aromatic rings. The molecule has 0 aliphatic heterocycles. The molecule has 0 spiro atoms. The van der Waals surface area contributed by atoms with Gasteiger partial charge in [0.05, 0.1) is 0 Å². The maximum atomic E-state index is 12.2. The van der Waals surface area contributed by atoms with E-state index in [0.717, 1.165) is 38.1 Å². The molecule has 1 atom stereocenters. The monoisotopic (exact) mass is 463 g/mol. The van der Waals surface area contributed by atoms with Crippen LogP contribution in [0.2, 0.25) is 0 Å². The molecule has 2 aromatic carbocycles. The second-order valence-corrected chi connectivity index (χ2v) is 8.63. The highest BCUT2D eigenvalue weighted by Gasteiger charge is 2.13. The molecule has 0 saturated heterocycles. The predicted octanol–water partition coefficient (Wildman–Crippen LogP) is 5.55. The molecule has 0 radical (unpaired) electrons. The number of nitrogens with zero attached hydrogens (tertiary/aromatic N) is 2. The van der Waals surface area contributed by atoms with Crippen molar-refractivity contribution in [3.63, 3.8) is 0 Å². The summed E-state index contributed by atoms with van der Waals surface area (Å²) in [5.74, 6) is 0.948. The van der Waals surface area contributed by atoms with Crippen LogP contribution in [0.15, 0.2) is 65.8 Å².